The molecule has 1 atom stereocenters. The summed E-state index contributed by atoms with van der Waals surface area (Å²) in [7, 11) is 0. The fourth-order valence-electron chi connectivity index (χ4n) is 2.25. The number of halogens is 1. The number of carboxylic acids is 1. The van der Waals surface area contributed by atoms with Crippen LogP contribution in [0.3, 0.4) is 0 Å². The van der Waals surface area contributed by atoms with Gasteiger partial charge in [-0.2, -0.15) is 0 Å². The molecule has 0 unspecified atom stereocenters. The second-order valence-corrected chi connectivity index (χ2v) is 6.93. The van der Waals surface area contributed by atoms with Crippen molar-refractivity contribution in [2.24, 2.45) is 0 Å². The summed E-state index contributed by atoms with van der Waals surface area (Å²) in [5.41, 5.74) is 0.694. The predicted molar refractivity (Wildman–Crippen MR) is 93.6 cm³/mol. The third-order valence-corrected chi connectivity index (χ3v) is 4.91. The Morgan fingerprint density at radius 3 is 2.64 bits per heavy atom. The van der Waals surface area contributed by atoms with Gasteiger partial charge in [-0.05, 0) is 43.3 Å². The topological polar surface area (TPSA) is 73.6 Å². The SMILES string of the molecule is C[C@H](C(=O)[O-])N1C(=O)/C(=C\c2ccc(-c3ccc(F)cc3)o2)SC1=S. The van der Waals surface area contributed by atoms with Gasteiger partial charge in [-0.15, -0.1) is 0 Å². The summed E-state index contributed by atoms with van der Waals surface area (Å²) in [5.74, 6) is -1.31. The fourth-order valence-corrected chi connectivity index (χ4v) is 3.65. The van der Waals surface area contributed by atoms with E-state index in [1.807, 2.05) is 0 Å². The molecule has 8 heteroatoms. The van der Waals surface area contributed by atoms with Crippen molar-refractivity contribution in [2.75, 3.05) is 0 Å². The van der Waals surface area contributed by atoms with Gasteiger partial charge in [0.05, 0.1) is 16.9 Å². The van der Waals surface area contributed by atoms with E-state index in [1.165, 1.54) is 25.1 Å². The summed E-state index contributed by atoms with van der Waals surface area (Å²) < 4.78 is 18.8. The zero-order valence-electron chi connectivity index (χ0n) is 12.9. The Bertz CT molecular complexity index is 888. The molecule has 2 heterocycles. The molecule has 0 aliphatic carbocycles. The van der Waals surface area contributed by atoms with Crippen molar-refractivity contribution in [3.63, 3.8) is 0 Å². The zero-order chi connectivity index (χ0) is 18.1. The maximum Gasteiger partial charge on any atom is 0.266 e. The highest BCUT2D eigenvalue weighted by Crippen LogP contribution is 2.34. The fraction of sp³-hybridized carbons (Fsp3) is 0.118. The van der Waals surface area contributed by atoms with E-state index < -0.39 is 17.9 Å². The minimum atomic E-state index is -1.38. The Hall–Kier alpha value is -2.45. The summed E-state index contributed by atoms with van der Waals surface area (Å²) in [6.07, 6.45) is 1.49. The molecule has 0 N–H and O–H groups in total. The summed E-state index contributed by atoms with van der Waals surface area (Å²) in [4.78, 5) is 24.6. The number of aliphatic carboxylic acids is 1. The summed E-state index contributed by atoms with van der Waals surface area (Å²) in [6.45, 7) is 1.34. The van der Waals surface area contributed by atoms with Crippen molar-refractivity contribution in [1.29, 1.82) is 0 Å². The van der Waals surface area contributed by atoms with Crippen LogP contribution >= 0.6 is 24.0 Å². The molecule has 0 spiro atoms. The summed E-state index contributed by atoms with van der Waals surface area (Å²) >= 11 is 6.07. The van der Waals surface area contributed by atoms with E-state index in [-0.39, 0.29) is 15.0 Å². The van der Waals surface area contributed by atoms with Crippen molar-refractivity contribution in [2.45, 2.75) is 13.0 Å². The van der Waals surface area contributed by atoms with Crippen LogP contribution in [0.4, 0.5) is 4.39 Å². The summed E-state index contributed by atoms with van der Waals surface area (Å²) in [5, 5.41) is 11.0. The van der Waals surface area contributed by atoms with Gasteiger partial charge in [0.15, 0.2) is 0 Å². The highest BCUT2D eigenvalue weighted by Gasteiger charge is 2.36. The first-order valence-electron chi connectivity index (χ1n) is 7.20. The lowest BCUT2D eigenvalue weighted by molar-refractivity contribution is -0.309. The largest absolute Gasteiger partial charge is 0.548 e. The molecule has 0 saturated carbocycles. The molecule has 128 valence electrons. The third kappa shape index (κ3) is 3.49. The first-order valence-corrected chi connectivity index (χ1v) is 8.43. The van der Waals surface area contributed by atoms with Crippen molar-refractivity contribution < 1.29 is 23.5 Å². The number of amides is 1. The zero-order valence-corrected chi connectivity index (χ0v) is 14.5. The van der Waals surface area contributed by atoms with E-state index in [2.05, 4.69) is 0 Å². The molecule has 1 amide bonds. The van der Waals surface area contributed by atoms with Crippen LogP contribution < -0.4 is 5.11 Å². The minimum absolute atomic E-state index is 0.151. The average molecular weight is 376 g/mol. The number of carbonyl (C=O) groups is 2. The van der Waals surface area contributed by atoms with E-state index in [4.69, 9.17) is 16.6 Å². The molecule has 0 bridgehead atoms. The highest BCUT2D eigenvalue weighted by atomic mass is 32.2. The number of carboxylic acid groups (broad SMARTS) is 1. The molecule has 1 aromatic carbocycles. The average Bonchev–Trinajstić information content (AvgIpc) is 3.13. The van der Waals surface area contributed by atoms with Gasteiger partial charge in [-0.25, -0.2) is 4.39 Å². The molecule has 1 saturated heterocycles. The first-order chi connectivity index (χ1) is 11.9. The number of rotatable bonds is 4. The Balaban J connectivity index is 1.84. The number of carbonyl (C=O) groups excluding carboxylic acids is 2. The second kappa shape index (κ2) is 6.81. The lowest BCUT2D eigenvalue weighted by Gasteiger charge is -2.23. The Morgan fingerprint density at radius 1 is 1.32 bits per heavy atom. The molecule has 1 fully saturated rings. The van der Waals surface area contributed by atoms with Crippen LogP contribution in [-0.2, 0) is 9.59 Å². The number of furan rings is 1. The highest BCUT2D eigenvalue weighted by molar-refractivity contribution is 8.26. The number of benzene rings is 1. The quantitative estimate of drug-likeness (QED) is 0.603. The van der Waals surface area contributed by atoms with Crippen LogP contribution in [0.5, 0.6) is 0 Å². The lowest BCUT2D eigenvalue weighted by Crippen LogP contribution is -2.48. The van der Waals surface area contributed by atoms with E-state index in [0.717, 1.165) is 16.7 Å². The smallest absolute Gasteiger partial charge is 0.266 e. The van der Waals surface area contributed by atoms with Crippen LogP contribution in [0.1, 0.15) is 12.7 Å². The van der Waals surface area contributed by atoms with Crippen LogP contribution in [0.15, 0.2) is 45.7 Å². The Labute approximate surface area is 152 Å². The number of nitrogens with zero attached hydrogens (tertiary/aromatic N) is 1. The molecule has 3 rings (SSSR count). The second-order valence-electron chi connectivity index (χ2n) is 5.26. The van der Waals surface area contributed by atoms with Gasteiger partial charge in [0, 0.05) is 11.6 Å². The molecule has 0 radical (unpaired) electrons. The van der Waals surface area contributed by atoms with Crippen LogP contribution in [0.25, 0.3) is 17.4 Å². The molecule has 25 heavy (non-hydrogen) atoms. The Morgan fingerprint density at radius 2 is 2.00 bits per heavy atom. The van der Waals surface area contributed by atoms with Gasteiger partial charge in [0.25, 0.3) is 5.91 Å². The van der Waals surface area contributed by atoms with Gasteiger partial charge in [-0.3, -0.25) is 9.69 Å². The third-order valence-electron chi connectivity index (χ3n) is 3.58. The molecule has 1 aliphatic rings. The van der Waals surface area contributed by atoms with Crippen molar-refractivity contribution in [3.05, 3.63) is 52.9 Å². The van der Waals surface area contributed by atoms with Gasteiger partial charge in [-0.1, -0.05) is 24.0 Å². The molecule has 1 aromatic heterocycles. The molecule has 2 aromatic rings. The normalized spacial score (nSPS) is 17.4. The maximum atomic E-state index is 13.0. The molecule has 5 nitrogen and oxygen atoms in total. The van der Waals surface area contributed by atoms with Gasteiger partial charge < -0.3 is 14.3 Å². The van der Waals surface area contributed by atoms with E-state index >= 15 is 0 Å². The summed E-state index contributed by atoms with van der Waals surface area (Å²) in [6, 6.07) is 8.02. The first kappa shape index (κ1) is 17.4. The predicted octanol–water partition coefficient (Wildman–Crippen LogP) is 2.43. The van der Waals surface area contributed by atoms with Gasteiger partial charge >= 0.3 is 0 Å². The van der Waals surface area contributed by atoms with E-state index in [1.54, 1.807) is 24.3 Å². The van der Waals surface area contributed by atoms with Gasteiger partial charge in [0.2, 0.25) is 0 Å². The lowest BCUT2D eigenvalue weighted by atomic mass is 10.2. The number of thioether (sulfide) groups is 1. The number of thiocarbonyl (C=S) groups is 1. The monoisotopic (exact) mass is 376 g/mol. The standard InChI is InChI=1S/C17H12FNO4S2/c1-9(16(21)22)19-15(20)14(25-17(19)24)8-12-6-7-13(23-12)10-2-4-11(18)5-3-10/h2-9H,1H3,(H,21,22)/p-1/b14-8+/t9-/m1/s1. The maximum absolute atomic E-state index is 13.0. The van der Waals surface area contributed by atoms with Gasteiger partial charge in [0.1, 0.15) is 21.7 Å². The molecular weight excluding hydrogens is 365 g/mol. The van der Waals surface area contributed by atoms with E-state index in [9.17, 15) is 19.1 Å². The number of hydrogen-bond donors (Lipinski definition) is 0. The molecular formula is C17H11FNO4S2-. The molecule has 1 aliphatic heterocycles. The van der Waals surface area contributed by atoms with Crippen LogP contribution in [-0.4, -0.2) is 27.1 Å². The van der Waals surface area contributed by atoms with Crippen molar-refractivity contribution >= 4 is 46.3 Å². The number of hydrogen-bond acceptors (Lipinski definition) is 6. The van der Waals surface area contributed by atoms with E-state index in [0.29, 0.717) is 17.1 Å². The van der Waals surface area contributed by atoms with Crippen LogP contribution in [0.2, 0.25) is 0 Å². The Kier molecular flexibility index (Phi) is 4.73. The minimum Gasteiger partial charge on any atom is -0.548 e. The van der Waals surface area contributed by atoms with Crippen molar-refractivity contribution in [1.82, 2.24) is 4.90 Å². The van der Waals surface area contributed by atoms with Crippen molar-refractivity contribution in [3.8, 4) is 11.3 Å². The van der Waals surface area contributed by atoms with Crippen LogP contribution in [0, 0.1) is 5.82 Å².